The zero-order valence-corrected chi connectivity index (χ0v) is 15.4. The molecule has 0 spiro atoms. The van der Waals surface area contributed by atoms with Crippen molar-refractivity contribution < 1.29 is 23.1 Å². The van der Waals surface area contributed by atoms with E-state index in [2.05, 4.69) is 0 Å². The van der Waals surface area contributed by atoms with Gasteiger partial charge < -0.3 is 10.0 Å². The molecule has 2 rings (SSSR count). The Hall–Kier alpha value is -1.93. The summed E-state index contributed by atoms with van der Waals surface area (Å²) in [6.07, 6.45) is 1.80. The van der Waals surface area contributed by atoms with Crippen molar-refractivity contribution in [2.45, 2.75) is 38.0 Å². The number of carboxylic acid groups (broad SMARTS) is 1. The molecule has 0 saturated heterocycles. The van der Waals surface area contributed by atoms with E-state index in [1.165, 1.54) is 13.0 Å². The zero-order valence-electron chi connectivity index (χ0n) is 14.6. The van der Waals surface area contributed by atoms with Crippen LogP contribution in [0.3, 0.4) is 0 Å². The Kier molecular flexibility index (Phi) is 6.18. The molecule has 138 valence electrons. The number of hydrogen-bond acceptors (Lipinski definition) is 4. The van der Waals surface area contributed by atoms with Gasteiger partial charge in [-0.2, -0.15) is 4.31 Å². The highest BCUT2D eigenvalue weighted by atomic mass is 32.2. The molecule has 0 aliphatic carbocycles. The van der Waals surface area contributed by atoms with Crippen molar-refractivity contribution in [3.05, 3.63) is 29.3 Å². The van der Waals surface area contributed by atoms with Crippen LogP contribution in [0.2, 0.25) is 0 Å². The lowest BCUT2D eigenvalue weighted by molar-refractivity contribution is -0.137. The number of hydrogen-bond donors (Lipinski definition) is 1. The summed E-state index contributed by atoms with van der Waals surface area (Å²) < 4.78 is 26.6. The molecule has 0 bridgehead atoms. The van der Waals surface area contributed by atoms with Crippen LogP contribution in [0.15, 0.2) is 23.1 Å². The van der Waals surface area contributed by atoms with E-state index >= 15 is 0 Å². The van der Waals surface area contributed by atoms with Gasteiger partial charge in [0.2, 0.25) is 15.9 Å². The molecule has 0 fully saturated rings. The number of aliphatic carboxylic acids is 1. The highest BCUT2D eigenvalue weighted by Crippen LogP contribution is 2.23. The maximum atomic E-state index is 12.8. The first-order valence-electron chi connectivity index (χ1n) is 8.35. The third-order valence-electron chi connectivity index (χ3n) is 4.35. The monoisotopic (exact) mass is 368 g/mol. The van der Waals surface area contributed by atoms with Gasteiger partial charge in [0.1, 0.15) is 6.54 Å². The van der Waals surface area contributed by atoms with Gasteiger partial charge in [-0.1, -0.05) is 13.0 Å². The van der Waals surface area contributed by atoms with Crippen molar-refractivity contribution >= 4 is 21.9 Å². The summed E-state index contributed by atoms with van der Waals surface area (Å²) >= 11 is 0. The number of carbonyl (C=O) groups is 2. The fourth-order valence-corrected chi connectivity index (χ4v) is 4.54. The number of carboxylic acids is 1. The van der Waals surface area contributed by atoms with Gasteiger partial charge in [0.05, 0.1) is 4.90 Å². The van der Waals surface area contributed by atoms with Crippen LogP contribution in [-0.2, 0) is 32.5 Å². The number of carbonyl (C=O) groups excluding carboxylic acids is 1. The topological polar surface area (TPSA) is 95.0 Å². The van der Waals surface area contributed by atoms with Gasteiger partial charge in [0.25, 0.3) is 0 Å². The fourth-order valence-electron chi connectivity index (χ4n) is 3.01. The molecule has 25 heavy (non-hydrogen) atoms. The molecule has 1 aliphatic heterocycles. The second-order valence-electron chi connectivity index (χ2n) is 6.17. The average Bonchev–Trinajstić information content (AvgIpc) is 2.76. The first-order chi connectivity index (χ1) is 11.8. The summed E-state index contributed by atoms with van der Waals surface area (Å²) in [6.45, 7) is 4.11. The third-order valence-corrected chi connectivity index (χ3v) is 6.19. The van der Waals surface area contributed by atoms with Crippen molar-refractivity contribution in [3.8, 4) is 0 Å². The molecule has 1 aliphatic rings. The predicted molar refractivity (Wildman–Crippen MR) is 92.8 cm³/mol. The van der Waals surface area contributed by atoms with E-state index in [1.54, 1.807) is 24.0 Å². The summed E-state index contributed by atoms with van der Waals surface area (Å²) in [5.74, 6) is -1.17. The average molecular weight is 368 g/mol. The number of benzene rings is 1. The normalized spacial score (nSPS) is 14.9. The zero-order chi connectivity index (χ0) is 18.6. The first kappa shape index (κ1) is 19.4. The molecule has 1 aromatic carbocycles. The van der Waals surface area contributed by atoms with E-state index in [1.807, 2.05) is 0 Å². The summed E-state index contributed by atoms with van der Waals surface area (Å²) in [5, 5.41) is 8.99. The molecule has 1 amide bonds. The van der Waals surface area contributed by atoms with Crippen molar-refractivity contribution in [1.82, 2.24) is 9.21 Å². The third kappa shape index (κ3) is 4.58. The molecule has 1 N–H and O–H groups in total. The van der Waals surface area contributed by atoms with Crippen LogP contribution in [0.1, 0.15) is 31.4 Å². The van der Waals surface area contributed by atoms with Crippen molar-refractivity contribution in [2.75, 3.05) is 26.2 Å². The molecule has 0 unspecified atom stereocenters. The lowest BCUT2D eigenvalue weighted by Crippen LogP contribution is -2.36. The smallest absolute Gasteiger partial charge is 0.318 e. The Morgan fingerprint density at radius 1 is 1.20 bits per heavy atom. The maximum Gasteiger partial charge on any atom is 0.318 e. The number of sulfonamides is 1. The van der Waals surface area contributed by atoms with E-state index in [0.29, 0.717) is 32.4 Å². The minimum Gasteiger partial charge on any atom is -0.480 e. The lowest BCUT2D eigenvalue weighted by Gasteiger charge is -2.20. The van der Waals surface area contributed by atoms with Crippen molar-refractivity contribution in [3.63, 3.8) is 0 Å². The molecule has 1 aromatic rings. The fraction of sp³-hybridized carbons (Fsp3) is 0.529. The van der Waals surface area contributed by atoms with Gasteiger partial charge >= 0.3 is 5.97 Å². The Morgan fingerprint density at radius 3 is 2.40 bits per heavy atom. The Morgan fingerprint density at radius 2 is 1.84 bits per heavy atom. The quantitative estimate of drug-likeness (QED) is 0.812. The molecular weight excluding hydrogens is 344 g/mol. The van der Waals surface area contributed by atoms with Gasteiger partial charge in [-0.3, -0.25) is 9.59 Å². The first-order valence-corrected chi connectivity index (χ1v) is 9.79. The highest BCUT2D eigenvalue weighted by Gasteiger charge is 2.27. The van der Waals surface area contributed by atoms with Crippen molar-refractivity contribution in [1.29, 1.82) is 0 Å². The number of fused-ring (bicyclic) bond motifs is 1. The molecular formula is C17H24N2O5S. The minimum absolute atomic E-state index is 0.0104. The van der Waals surface area contributed by atoms with Crippen LogP contribution in [0, 0.1) is 0 Å². The summed E-state index contributed by atoms with van der Waals surface area (Å²) in [4.78, 5) is 24.4. The van der Waals surface area contributed by atoms with Crippen LogP contribution >= 0.6 is 0 Å². The van der Waals surface area contributed by atoms with Crippen LogP contribution < -0.4 is 0 Å². The standard InChI is InChI=1S/C17H24N2O5S/c1-3-8-19(12-17(21)22)25(23,24)16-5-4-14-6-9-18(13(2)20)10-7-15(14)11-16/h4-5,11H,3,6-10,12H2,1-2H3,(H,21,22). The Bertz CT molecular complexity index is 760. The second-order valence-corrected chi connectivity index (χ2v) is 8.11. The lowest BCUT2D eigenvalue weighted by atomic mass is 10.0. The molecule has 8 heteroatoms. The minimum atomic E-state index is -3.86. The summed E-state index contributed by atoms with van der Waals surface area (Å²) in [5.41, 5.74) is 1.93. The number of rotatable bonds is 6. The number of amides is 1. The highest BCUT2D eigenvalue weighted by molar-refractivity contribution is 7.89. The summed E-state index contributed by atoms with van der Waals surface area (Å²) in [6, 6.07) is 4.93. The maximum absolute atomic E-state index is 12.8. The molecule has 0 aromatic heterocycles. The van der Waals surface area contributed by atoms with E-state index in [9.17, 15) is 18.0 Å². The van der Waals surface area contributed by atoms with Crippen molar-refractivity contribution in [2.24, 2.45) is 0 Å². The van der Waals surface area contributed by atoms with Crippen LogP contribution in [0.5, 0.6) is 0 Å². The van der Waals surface area contributed by atoms with Gasteiger partial charge in [-0.05, 0) is 42.5 Å². The van der Waals surface area contributed by atoms with Gasteiger partial charge in [-0.25, -0.2) is 8.42 Å². The van der Waals surface area contributed by atoms with E-state index in [-0.39, 0.29) is 17.3 Å². The van der Waals surface area contributed by atoms with Crippen LogP contribution in [0.25, 0.3) is 0 Å². The largest absolute Gasteiger partial charge is 0.480 e. The van der Waals surface area contributed by atoms with Gasteiger partial charge in [0, 0.05) is 26.6 Å². The second kappa shape index (κ2) is 7.97. The van der Waals surface area contributed by atoms with Crippen LogP contribution in [0.4, 0.5) is 0 Å². The van der Waals surface area contributed by atoms with E-state index in [0.717, 1.165) is 15.4 Å². The molecule has 0 saturated carbocycles. The van der Waals surface area contributed by atoms with Gasteiger partial charge in [0.15, 0.2) is 0 Å². The molecule has 7 nitrogen and oxygen atoms in total. The van der Waals surface area contributed by atoms with E-state index in [4.69, 9.17) is 5.11 Å². The van der Waals surface area contributed by atoms with Crippen LogP contribution in [-0.4, -0.2) is 60.8 Å². The van der Waals surface area contributed by atoms with Gasteiger partial charge in [-0.15, -0.1) is 0 Å². The SMILES string of the molecule is CCCN(CC(=O)O)S(=O)(=O)c1ccc2c(c1)CCN(C(C)=O)CC2. The Labute approximate surface area is 148 Å². The Balaban J connectivity index is 2.32. The number of nitrogens with zero attached hydrogens (tertiary/aromatic N) is 2. The molecule has 0 radical (unpaired) electrons. The molecule has 1 heterocycles. The summed E-state index contributed by atoms with van der Waals surface area (Å²) in [7, 11) is -3.86. The van der Waals surface area contributed by atoms with E-state index < -0.39 is 22.5 Å². The molecule has 0 atom stereocenters. The predicted octanol–water partition coefficient (Wildman–Crippen LogP) is 1.12.